The Morgan fingerprint density at radius 2 is 0.527 bits per heavy atom. The summed E-state index contributed by atoms with van der Waals surface area (Å²) < 4.78 is 16.8. The summed E-state index contributed by atoms with van der Waals surface area (Å²) in [5.41, 5.74) is 0. The van der Waals surface area contributed by atoms with Gasteiger partial charge in [0.25, 0.3) is 0 Å². The van der Waals surface area contributed by atoms with Gasteiger partial charge in [0, 0.05) is 19.3 Å². The number of esters is 3. The number of unbranched alkanes of at least 4 members (excludes halogenated alkanes) is 38. The average Bonchev–Trinajstić information content (AvgIpc) is 3.40. The zero-order valence-corrected chi connectivity index (χ0v) is 49.4. The lowest BCUT2D eigenvalue weighted by molar-refractivity contribution is -0.167. The highest BCUT2D eigenvalue weighted by Crippen LogP contribution is 2.18. The van der Waals surface area contributed by atoms with E-state index in [1.54, 1.807) is 0 Å². The minimum Gasteiger partial charge on any atom is -0.462 e. The van der Waals surface area contributed by atoms with E-state index in [4.69, 9.17) is 14.2 Å². The van der Waals surface area contributed by atoms with Crippen LogP contribution in [0.5, 0.6) is 0 Å². The Kier molecular flexibility index (Phi) is 60.2. The fourth-order valence-corrected chi connectivity index (χ4v) is 9.47. The van der Waals surface area contributed by atoms with Crippen LogP contribution in [0.1, 0.15) is 335 Å². The summed E-state index contributed by atoms with van der Waals surface area (Å²) >= 11 is 0. The van der Waals surface area contributed by atoms with Crippen molar-refractivity contribution >= 4 is 17.9 Å². The van der Waals surface area contributed by atoms with Crippen LogP contribution in [0.15, 0.2) is 60.8 Å². The second kappa shape index (κ2) is 62.6. The van der Waals surface area contributed by atoms with Gasteiger partial charge in [0.05, 0.1) is 0 Å². The monoisotopic (exact) mass is 1030 g/mol. The second-order valence-corrected chi connectivity index (χ2v) is 21.7. The molecule has 0 spiro atoms. The van der Waals surface area contributed by atoms with E-state index in [0.717, 1.165) is 89.9 Å². The van der Waals surface area contributed by atoms with Gasteiger partial charge in [-0.3, -0.25) is 14.4 Å². The molecule has 0 saturated heterocycles. The standard InChI is InChI=1S/C68H122O6/c1-4-7-10-13-16-18-20-22-24-25-26-27-28-29-30-31-32-33-34-35-36-37-38-39-40-41-42-43-44-46-47-49-52-55-58-61-67(70)73-64-65(63-72-66(69)60-57-54-51-15-12-9-6-3)74-68(71)62-59-56-53-50-48-45-23-21-19-17-14-11-8-5-2/h7,10,16,18,22,24,26-27,29-30,65H,4-6,8-9,11-15,17,19-21,23,25,28,31-64H2,1-3H3/b10-7-,18-16-,24-22-,27-26-,30-29-. The summed E-state index contributed by atoms with van der Waals surface area (Å²) in [5.74, 6) is -0.855. The van der Waals surface area contributed by atoms with Gasteiger partial charge in [-0.25, -0.2) is 0 Å². The molecule has 0 fully saturated rings. The molecular weight excluding hydrogens is 913 g/mol. The summed E-state index contributed by atoms with van der Waals surface area (Å²) in [5, 5.41) is 0. The van der Waals surface area contributed by atoms with E-state index >= 15 is 0 Å². The number of carbonyl (C=O) groups is 3. The highest BCUT2D eigenvalue weighted by molar-refractivity contribution is 5.71. The SMILES string of the molecule is CC/C=C\C/C=C\C/C=C\C/C=C\C/C=C\CCCCCCCCCCCCCCCCCCCCCC(=O)OCC(COC(=O)CCCCCCCCC)OC(=O)CCCCCCCCCCCCCCCC. The van der Waals surface area contributed by atoms with Crippen LogP contribution in [0.2, 0.25) is 0 Å². The summed E-state index contributed by atoms with van der Waals surface area (Å²) in [6.07, 6.45) is 79.9. The minimum absolute atomic E-state index is 0.0671. The minimum atomic E-state index is -0.765. The summed E-state index contributed by atoms with van der Waals surface area (Å²) in [4.78, 5) is 38.0. The van der Waals surface area contributed by atoms with Crippen molar-refractivity contribution in [3.8, 4) is 0 Å². The molecule has 1 unspecified atom stereocenters. The third kappa shape index (κ3) is 60.0. The van der Waals surface area contributed by atoms with Crippen molar-refractivity contribution in [2.45, 2.75) is 341 Å². The van der Waals surface area contributed by atoms with Crippen molar-refractivity contribution in [2.75, 3.05) is 13.2 Å². The van der Waals surface area contributed by atoms with Crippen LogP contribution >= 0.6 is 0 Å². The van der Waals surface area contributed by atoms with Crippen molar-refractivity contribution in [3.05, 3.63) is 60.8 Å². The Bertz CT molecular complexity index is 1330. The Balaban J connectivity index is 3.94. The van der Waals surface area contributed by atoms with Crippen LogP contribution in [0.4, 0.5) is 0 Å². The van der Waals surface area contributed by atoms with Crippen LogP contribution in [0, 0.1) is 0 Å². The fraction of sp³-hybridized carbons (Fsp3) is 0.809. The Morgan fingerprint density at radius 1 is 0.284 bits per heavy atom. The first kappa shape index (κ1) is 71.1. The van der Waals surface area contributed by atoms with Crippen LogP contribution < -0.4 is 0 Å². The number of carbonyl (C=O) groups excluding carboxylic acids is 3. The molecule has 0 aliphatic rings. The van der Waals surface area contributed by atoms with E-state index in [1.165, 1.54) is 205 Å². The van der Waals surface area contributed by atoms with Gasteiger partial charge in [0.2, 0.25) is 0 Å². The zero-order valence-electron chi connectivity index (χ0n) is 49.4. The number of allylic oxidation sites excluding steroid dienone is 10. The predicted molar refractivity (Wildman–Crippen MR) is 321 cm³/mol. The van der Waals surface area contributed by atoms with Crippen molar-refractivity contribution in [2.24, 2.45) is 0 Å². The number of ether oxygens (including phenoxy) is 3. The van der Waals surface area contributed by atoms with Gasteiger partial charge in [0.15, 0.2) is 6.10 Å². The van der Waals surface area contributed by atoms with E-state index in [1.807, 2.05) is 0 Å². The first-order valence-electron chi connectivity index (χ1n) is 32.3. The summed E-state index contributed by atoms with van der Waals surface area (Å²) in [6, 6.07) is 0. The maximum atomic E-state index is 12.8. The summed E-state index contributed by atoms with van der Waals surface area (Å²) in [7, 11) is 0. The van der Waals surface area contributed by atoms with Crippen molar-refractivity contribution in [1.29, 1.82) is 0 Å². The fourth-order valence-electron chi connectivity index (χ4n) is 9.47. The molecule has 6 nitrogen and oxygen atoms in total. The van der Waals surface area contributed by atoms with E-state index < -0.39 is 6.10 Å². The van der Waals surface area contributed by atoms with Crippen LogP contribution in [-0.4, -0.2) is 37.2 Å². The molecule has 0 bridgehead atoms. The third-order valence-corrected chi connectivity index (χ3v) is 14.3. The number of hydrogen-bond donors (Lipinski definition) is 0. The number of hydrogen-bond acceptors (Lipinski definition) is 6. The molecule has 0 heterocycles. The van der Waals surface area contributed by atoms with Crippen LogP contribution in [0.3, 0.4) is 0 Å². The van der Waals surface area contributed by atoms with Gasteiger partial charge < -0.3 is 14.2 Å². The second-order valence-electron chi connectivity index (χ2n) is 21.7. The molecule has 0 aromatic carbocycles. The van der Waals surface area contributed by atoms with Crippen molar-refractivity contribution in [3.63, 3.8) is 0 Å². The normalized spacial score (nSPS) is 12.4. The molecule has 0 saturated carbocycles. The molecule has 1 atom stereocenters. The molecule has 0 aromatic heterocycles. The molecule has 0 radical (unpaired) electrons. The lowest BCUT2D eigenvalue weighted by Gasteiger charge is -2.18. The molecule has 0 aliphatic heterocycles. The van der Waals surface area contributed by atoms with Gasteiger partial charge in [-0.2, -0.15) is 0 Å². The first-order chi connectivity index (χ1) is 36.5. The van der Waals surface area contributed by atoms with E-state index in [0.29, 0.717) is 19.3 Å². The van der Waals surface area contributed by atoms with Gasteiger partial charge in [0.1, 0.15) is 13.2 Å². The topological polar surface area (TPSA) is 78.9 Å². The van der Waals surface area contributed by atoms with Gasteiger partial charge >= 0.3 is 17.9 Å². The predicted octanol–water partition coefficient (Wildman–Crippen LogP) is 21.9. The Labute approximate surface area is 460 Å². The van der Waals surface area contributed by atoms with Gasteiger partial charge in [-0.1, -0.05) is 313 Å². The highest BCUT2D eigenvalue weighted by atomic mass is 16.6. The first-order valence-corrected chi connectivity index (χ1v) is 32.3. The maximum Gasteiger partial charge on any atom is 0.306 e. The molecule has 0 rings (SSSR count). The molecule has 430 valence electrons. The lowest BCUT2D eigenvalue weighted by atomic mass is 10.0. The quantitative estimate of drug-likeness (QED) is 0.0261. The zero-order chi connectivity index (χ0) is 53.6. The van der Waals surface area contributed by atoms with Crippen molar-refractivity contribution < 1.29 is 28.6 Å². The van der Waals surface area contributed by atoms with Crippen LogP contribution in [-0.2, 0) is 28.6 Å². The average molecular weight is 1040 g/mol. The van der Waals surface area contributed by atoms with Crippen LogP contribution in [0.25, 0.3) is 0 Å². The largest absolute Gasteiger partial charge is 0.462 e. The Morgan fingerprint density at radius 3 is 0.824 bits per heavy atom. The smallest absolute Gasteiger partial charge is 0.306 e. The molecule has 0 N–H and O–H groups in total. The maximum absolute atomic E-state index is 12.8. The molecule has 74 heavy (non-hydrogen) atoms. The summed E-state index contributed by atoms with van der Waals surface area (Å²) in [6.45, 7) is 6.52. The molecule has 0 aromatic rings. The molecule has 0 amide bonds. The Hall–Kier alpha value is -2.89. The van der Waals surface area contributed by atoms with E-state index in [2.05, 4.69) is 81.5 Å². The van der Waals surface area contributed by atoms with E-state index in [9.17, 15) is 14.4 Å². The molecule has 0 aliphatic carbocycles. The van der Waals surface area contributed by atoms with Gasteiger partial charge in [-0.05, 0) is 64.2 Å². The molecular formula is C68H122O6. The van der Waals surface area contributed by atoms with Gasteiger partial charge in [-0.15, -0.1) is 0 Å². The number of rotatable bonds is 59. The molecule has 6 heteroatoms. The van der Waals surface area contributed by atoms with E-state index in [-0.39, 0.29) is 31.1 Å². The highest BCUT2D eigenvalue weighted by Gasteiger charge is 2.19. The lowest BCUT2D eigenvalue weighted by Crippen LogP contribution is -2.30. The third-order valence-electron chi connectivity index (χ3n) is 14.3. The van der Waals surface area contributed by atoms with Crippen molar-refractivity contribution in [1.82, 2.24) is 0 Å².